The SMILES string of the molecule is COc1ccccc1-n1cc(C=O)c(-c2cc(Br)cs2)n1. The molecule has 0 saturated carbocycles. The predicted octanol–water partition coefficient (Wildman–Crippen LogP) is 4.18. The van der Waals surface area contributed by atoms with Crippen LogP contribution in [-0.4, -0.2) is 23.2 Å². The number of thiophene rings is 1. The lowest BCUT2D eigenvalue weighted by Gasteiger charge is -2.07. The topological polar surface area (TPSA) is 44.1 Å². The Bertz CT molecular complexity index is 795. The van der Waals surface area contributed by atoms with Crippen molar-refractivity contribution in [3.05, 3.63) is 51.9 Å². The third-order valence-corrected chi connectivity index (χ3v) is 4.70. The molecule has 0 fully saturated rings. The van der Waals surface area contributed by atoms with E-state index in [-0.39, 0.29) is 0 Å². The van der Waals surface area contributed by atoms with Crippen LogP contribution >= 0.6 is 27.3 Å². The molecule has 3 rings (SSSR count). The van der Waals surface area contributed by atoms with Crippen molar-refractivity contribution < 1.29 is 9.53 Å². The normalized spacial score (nSPS) is 10.6. The largest absolute Gasteiger partial charge is 0.494 e. The summed E-state index contributed by atoms with van der Waals surface area (Å²) in [7, 11) is 1.61. The molecule has 0 amide bonds. The van der Waals surface area contributed by atoms with E-state index >= 15 is 0 Å². The van der Waals surface area contributed by atoms with Crippen molar-refractivity contribution >= 4 is 33.6 Å². The van der Waals surface area contributed by atoms with Crippen LogP contribution < -0.4 is 4.74 Å². The summed E-state index contributed by atoms with van der Waals surface area (Å²) in [4.78, 5) is 12.3. The maximum absolute atomic E-state index is 11.3. The van der Waals surface area contributed by atoms with Gasteiger partial charge in [0.05, 0.1) is 17.6 Å². The van der Waals surface area contributed by atoms with Crippen molar-refractivity contribution in [3.63, 3.8) is 0 Å². The number of halogens is 1. The first-order chi connectivity index (χ1) is 10.2. The van der Waals surface area contributed by atoms with Crippen LogP contribution in [0.3, 0.4) is 0 Å². The molecule has 106 valence electrons. The number of carbonyl (C=O) groups excluding carboxylic acids is 1. The van der Waals surface area contributed by atoms with E-state index in [2.05, 4.69) is 21.0 Å². The van der Waals surface area contributed by atoms with Gasteiger partial charge in [0, 0.05) is 16.0 Å². The van der Waals surface area contributed by atoms with E-state index in [9.17, 15) is 4.79 Å². The number of carbonyl (C=O) groups is 1. The van der Waals surface area contributed by atoms with Gasteiger partial charge in [0.2, 0.25) is 0 Å². The second-order valence-electron chi connectivity index (χ2n) is 4.30. The van der Waals surface area contributed by atoms with Crippen molar-refractivity contribution in [2.45, 2.75) is 0 Å². The van der Waals surface area contributed by atoms with E-state index in [0.717, 1.165) is 21.3 Å². The molecule has 0 aliphatic heterocycles. The van der Waals surface area contributed by atoms with Crippen molar-refractivity contribution in [1.82, 2.24) is 9.78 Å². The molecule has 0 unspecified atom stereocenters. The number of nitrogens with zero attached hydrogens (tertiary/aromatic N) is 2. The summed E-state index contributed by atoms with van der Waals surface area (Å²) < 4.78 is 7.99. The quantitative estimate of drug-likeness (QED) is 0.653. The summed E-state index contributed by atoms with van der Waals surface area (Å²) in [6.45, 7) is 0. The van der Waals surface area contributed by atoms with E-state index in [1.807, 2.05) is 35.7 Å². The fraction of sp³-hybridized carbons (Fsp3) is 0.0667. The van der Waals surface area contributed by atoms with E-state index < -0.39 is 0 Å². The highest BCUT2D eigenvalue weighted by molar-refractivity contribution is 9.10. The van der Waals surface area contributed by atoms with Gasteiger partial charge >= 0.3 is 0 Å². The predicted molar refractivity (Wildman–Crippen MR) is 86.5 cm³/mol. The minimum atomic E-state index is 0.551. The molecule has 1 aromatic carbocycles. The molecule has 2 heterocycles. The number of ether oxygens (including phenoxy) is 1. The smallest absolute Gasteiger partial charge is 0.153 e. The first-order valence-electron chi connectivity index (χ1n) is 6.15. The van der Waals surface area contributed by atoms with E-state index in [0.29, 0.717) is 17.0 Å². The molecule has 0 spiro atoms. The minimum absolute atomic E-state index is 0.551. The number of aldehydes is 1. The summed E-state index contributed by atoms with van der Waals surface area (Å²) in [6.07, 6.45) is 2.54. The van der Waals surface area contributed by atoms with Gasteiger partial charge in [-0.25, -0.2) is 4.68 Å². The monoisotopic (exact) mass is 362 g/mol. The number of rotatable bonds is 4. The fourth-order valence-corrected chi connectivity index (χ4v) is 3.48. The molecule has 6 heteroatoms. The second-order valence-corrected chi connectivity index (χ2v) is 6.12. The lowest BCUT2D eigenvalue weighted by Crippen LogP contribution is -1.98. The molecule has 0 saturated heterocycles. The number of para-hydroxylation sites is 2. The Morgan fingerprint density at radius 1 is 1.38 bits per heavy atom. The Morgan fingerprint density at radius 3 is 2.86 bits per heavy atom. The molecular formula is C15H11BrN2O2S. The first kappa shape index (κ1) is 14.0. The molecule has 0 radical (unpaired) electrons. The van der Waals surface area contributed by atoms with Crippen LogP contribution in [0.1, 0.15) is 10.4 Å². The Labute approximate surface area is 134 Å². The summed E-state index contributed by atoms with van der Waals surface area (Å²) in [5, 5.41) is 6.50. The van der Waals surface area contributed by atoms with E-state index in [4.69, 9.17) is 4.74 Å². The summed E-state index contributed by atoms with van der Waals surface area (Å²) in [5.41, 5.74) is 2.02. The summed E-state index contributed by atoms with van der Waals surface area (Å²) >= 11 is 4.96. The Kier molecular flexibility index (Phi) is 3.90. The van der Waals surface area contributed by atoms with Crippen LogP contribution in [0.25, 0.3) is 16.3 Å². The Balaban J connectivity index is 2.13. The van der Waals surface area contributed by atoms with Crippen LogP contribution in [0.2, 0.25) is 0 Å². The highest BCUT2D eigenvalue weighted by atomic mass is 79.9. The second kappa shape index (κ2) is 5.83. The molecule has 0 bridgehead atoms. The lowest BCUT2D eigenvalue weighted by molar-refractivity contribution is 0.112. The minimum Gasteiger partial charge on any atom is -0.494 e. The highest BCUT2D eigenvalue weighted by Gasteiger charge is 2.15. The fourth-order valence-electron chi connectivity index (χ4n) is 2.04. The van der Waals surface area contributed by atoms with Crippen LogP contribution in [0.15, 0.2) is 46.4 Å². The maximum atomic E-state index is 11.3. The van der Waals surface area contributed by atoms with Gasteiger partial charge in [0.1, 0.15) is 17.1 Å². The number of benzene rings is 1. The van der Waals surface area contributed by atoms with Crippen molar-refractivity contribution in [2.75, 3.05) is 7.11 Å². The number of hydrogen-bond acceptors (Lipinski definition) is 4. The molecule has 0 N–H and O–H groups in total. The van der Waals surface area contributed by atoms with Gasteiger partial charge in [-0.1, -0.05) is 12.1 Å². The molecule has 2 aromatic heterocycles. The van der Waals surface area contributed by atoms with Crippen LogP contribution in [-0.2, 0) is 0 Å². The molecule has 0 aliphatic carbocycles. The third kappa shape index (κ3) is 2.64. The molecule has 3 aromatic rings. The van der Waals surface area contributed by atoms with Crippen molar-refractivity contribution in [1.29, 1.82) is 0 Å². The standard InChI is InChI=1S/C15H11BrN2O2S/c1-20-13-5-3-2-4-12(13)18-7-10(8-19)15(17-18)14-6-11(16)9-21-14/h2-9H,1H3. The highest BCUT2D eigenvalue weighted by Crippen LogP contribution is 2.32. The van der Waals surface area contributed by atoms with Gasteiger partial charge in [-0.2, -0.15) is 5.10 Å². The Hall–Kier alpha value is -1.92. The van der Waals surface area contributed by atoms with Gasteiger partial charge < -0.3 is 4.74 Å². The van der Waals surface area contributed by atoms with Gasteiger partial charge in [-0.15, -0.1) is 11.3 Å². The van der Waals surface area contributed by atoms with Gasteiger partial charge in [0.25, 0.3) is 0 Å². The summed E-state index contributed by atoms with van der Waals surface area (Å²) in [6, 6.07) is 9.51. The average Bonchev–Trinajstić information content (AvgIpc) is 3.12. The molecule has 0 aliphatic rings. The van der Waals surface area contributed by atoms with Crippen LogP contribution in [0.4, 0.5) is 0 Å². The zero-order valence-electron chi connectivity index (χ0n) is 11.1. The molecule has 21 heavy (non-hydrogen) atoms. The van der Waals surface area contributed by atoms with E-state index in [1.165, 1.54) is 11.3 Å². The van der Waals surface area contributed by atoms with Gasteiger partial charge in [0.15, 0.2) is 6.29 Å². The van der Waals surface area contributed by atoms with Crippen LogP contribution in [0, 0.1) is 0 Å². The molecule has 0 atom stereocenters. The first-order valence-corrected chi connectivity index (χ1v) is 7.83. The number of aromatic nitrogens is 2. The molecule has 4 nitrogen and oxygen atoms in total. The Morgan fingerprint density at radius 2 is 2.19 bits per heavy atom. The zero-order valence-corrected chi connectivity index (χ0v) is 13.5. The molecular weight excluding hydrogens is 352 g/mol. The number of methoxy groups -OCH3 is 1. The van der Waals surface area contributed by atoms with Crippen LogP contribution in [0.5, 0.6) is 5.75 Å². The van der Waals surface area contributed by atoms with Crippen molar-refractivity contribution in [3.8, 4) is 22.0 Å². The van der Waals surface area contributed by atoms with Gasteiger partial charge in [-0.3, -0.25) is 4.79 Å². The maximum Gasteiger partial charge on any atom is 0.153 e. The summed E-state index contributed by atoms with van der Waals surface area (Å²) in [5.74, 6) is 0.705. The van der Waals surface area contributed by atoms with E-state index in [1.54, 1.807) is 18.0 Å². The zero-order chi connectivity index (χ0) is 14.8. The van der Waals surface area contributed by atoms with Crippen molar-refractivity contribution in [2.24, 2.45) is 0 Å². The van der Waals surface area contributed by atoms with Gasteiger partial charge in [-0.05, 0) is 34.1 Å². The average molecular weight is 363 g/mol. The lowest BCUT2D eigenvalue weighted by atomic mass is 10.2. The third-order valence-electron chi connectivity index (χ3n) is 3.00. The number of hydrogen-bond donors (Lipinski definition) is 0.